The minimum atomic E-state index is -4.76. The number of nitrogens with one attached hydrogen (secondary N) is 1. The second-order valence-corrected chi connectivity index (χ2v) is 8.74. The molecule has 29 heavy (non-hydrogen) atoms. The average Bonchev–Trinajstić information content (AvgIpc) is 3.15. The van der Waals surface area contributed by atoms with Crippen molar-refractivity contribution < 1.29 is 31.1 Å². The van der Waals surface area contributed by atoms with Crippen molar-refractivity contribution in [3.63, 3.8) is 0 Å². The maximum absolute atomic E-state index is 12.3. The van der Waals surface area contributed by atoms with Crippen LogP contribution in [-0.2, 0) is 10.0 Å². The van der Waals surface area contributed by atoms with Gasteiger partial charge in [-0.25, -0.2) is 8.42 Å². The molecule has 0 radical (unpaired) electrons. The predicted molar refractivity (Wildman–Crippen MR) is 103 cm³/mol. The molecule has 0 saturated carbocycles. The molecule has 1 atom stereocenters. The molecule has 1 aliphatic heterocycles. The van der Waals surface area contributed by atoms with E-state index in [2.05, 4.69) is 10.1 Å². The summed E-state index contributed by atoms with van der Waals surface area (Å²) in [4.78, 5) is 0. The fourth-order valence-electron chi connectivity index (χ4n) is 3.07. The highest BCUT2D eigenvalue weighted by atomic mass is 32.2. The number of alkyl halides is 3. The van der Waals surface area contributed by atoms with Crippen LogP contribution in [0.25, 0.3) is 0 Å². The Hall–Kier alpha value is -2.46. The van der Waals surface area contributed by atoms with Crippen LogP contribution in [-0.4, -0.2) is 34.6 Å². The number of hydrogen-bond donors (Lipinski definition) is 1. The zero-order valence-electron chi connectivity index (χ0n) is 15.9. The lowest BCUT2D eigenvalue weighted by Crippen LogP contribution is -2.25. The van der Waals surface area contributed by atoms with Crippen LogP contribution in [0.1, 0.15) is 24.4 Å². The highest BCUT2D eigenvalue weighted by Gasteiger charge is 2.31. The fourth-order valence-corrected chi connectivity index (χ4v) is 3.57. The van der Waals surface area contributed by atoms with Gasteiger partial charge in [0.05, 0.1) is 11.9 Å². The van der Waals surface area contributed by atoms with Gasteiger partial charge in [0, 0.05) is 18.7 Å². The summed E-state index contributed by atoms with van der Waals surface area (Å²) >= 11 is 0. The first-order chi connectivity index (χ1) is 13.5. The summed E-state index contributed by atoms with van der Waals surface area (Å²) in [6.45, 7) is 0.833. The van der Waals surface area contributed by atoms with Crippen molar-refractivity contribution in [2.75, 3.05) is 24.2 Å². The van der Waals surface area contributed by atoms with Crippen molar-refractivity contribution in [1.82, 2.24) is 5.32 Å². The molecular formula is C19H21F3N2O4S. The molecule has 1 heterocycles. The van der Waals surface area contributed by atoms with Crippen molar-refractivity contribution >= 4 is 15.7 Å². The van der Waals surface area contributed by atoms with E-state index in [0.717, 1.165) is 31.2 Å². The van der Waals surface area contributed by atoms with Crippen molar-refractivity contribution in [2.45, 2.75) is 25.2 Å². The van der Waals surface area contributed by atoms with Gasteiger partial charge in [0.2, 0.25) is 10.0 Å². The predicted octanol–water partition coefficient (Wildman–Crippen LogP) is 4.20. The second-order valence-electron chi connectivity index (χ2n) is 6.72. The second kappa shape index (κ2) is 8.11. The molecule has 10 heteroatoms. The number of ether oxygens (including phenoxy) is 2. The first kappa shape index (κ1) is 21.3. The van der Waals surface area contributed by atoms with E-state index >= 15 is 0 Å². The van der Waals surface area contributed by atoms with Crippen LogP contribution in [0, 0.1) is 0 Å². The molecule has 2 aromatic carbocycles. The van der Waals surface area contributed by atoms with E-state index in [0.29, 0.717) is 17.2 Å². The summed E-state index contributed by atoms with van der Waals surface area (Å²) < 4.78 is 71.5. The first-order valence-corrected chi connectivity index (χ1v) is 10.7. The summed E-state index contributed by atoms with van der Waals surface area (Å²) in [5, 5.41) is 3.35. The zero-order chi connectivity index (χ0) is 21.2. The Balaban J connectivity index is 1.88. The minimum Gasteiger partial charge on any atom is -0.457 e. The molecule has 1 fully saturated rings. The third kappa shape index (κ3) is 5.54. The Morgan fingerprint density at radius 1 is 1.10 bits per heavy atom. The molecule has 1 N–H and O–H groups in total. The monoisotopic (exact) mass is 430 g/mol. The molecule has 0 aliphatic carbocycles. The van der Waals surface area contributed by atoms with Gasteiger partial charge in [0.15, 0.2) is 0 Å². The van der Waals surface area contributed by atoms with Crippen LogP contribution < -0.4 is 19.1 Å². The van der Waals surface area contributed by atoms with Gasteiger partial charge in [-0.05, 0) is 61.9 Å². The normalized spacial score (nSPS) is 17.2. The summed E-state index contributed by atoms with van der Waals surface area (Å²) in [6, 6.07) is 10.1. The fraction of sp³-hybridized carbons (Fsp3) is 0.368. The van der Waals surface area contributed by atoms with Crippen molar-refractivity contribution in [2.24, 2.45) is 0 Å². The zero-order valence-corrected chi connectivity index (χ0v) is 16.7. The summed E-state index contributed by atoms with van der Waals surface area (Å²) in [6.07, 6.45) is -1.80. The SMILES string of the molecule is CN(c1ccc(Oc2ccc(OC(F)(F)F)cc2)c(C2CCCN2)c1)S(C)(=O)=O. The van der Waals surface area contributed by atoms with E-state index in [1.54, 1.807) is 18.2 Å². The largest absolute Gasteiger partial charge is 0.573 e. The maximum Gasteiger partial charge on any atom is 0.573 e. The number of benzene rings is 2. The van der Waals surface area contributed by atoms with Crippen LogP contribution in [0.4, 0.5) is 18.9 Å². The topological polar surface area (TPSA) is 67.9 Å². The third-order valence-electron chi connectivity index (χ3n) is 4.58. The molecule has 0 spiro atoms. The molecular weight excluding hydrogens is 409 g/mol. The van der Waals surface area contributed by atoms with Crippen molar-refractivity contribution in [3.8, 4) is 17.2 Å². The molecule has 0 amide bonds. The molecule has 1 saturated heterocycles. The van der Waals surface area contributed by atoms with Crippen LogP contribution in [0.5, 0.6) is 17.2 Å². The maximum atomic E-state index is 12.3. The Morgan fingerprint density at radius 3 is 2.31 bits per heavy atom. The smallest absolute Gasteiger partial charge is 0.457 e. The number of sulfonamides is 1. The van der Waals surface area contributed by atoms with E-state index in [9.17, 15) is 21.6 Å². The van der Waals surface area contributed by atoms with Gasteiger partial charge >= 0.3 is 6.36 Å². The van der Waals surface area contributed by atoms with E-state index in [4.69, 9.17) is 4.74 Å². The van der Waals surface area contributed by atoms with Crippen LogP contribution in [0.2, 0.25) is 0 Å². The summed E-state index contributed by atoms with van der Waals surface area (Å²) in [5.41, 5.74) is 1.28. The summed E-state index contributed by atoms with van der Waals surface area (Å²) in [7, 11) is -1.95. The van der Waals surface area contributed by atoms with Gasteiger partial charge in [-0.2, -0.15) is 0 Å². The van der Waals surface area contributed by atoms with Gasteiger partial charge < -0.3 is 14.8 Å². The van der Waals surface area contributed by atoms with Crippen LogP contribution in [0.3, 0.4) is 0 Å². The molecule has 1 aliphatic rings. The molecule has 1 unspecified atom stereocenters. The molecule has 6 nitrogen and oxygen atoms in total. The Kier molecular flexibility index (Phi) is 5.95. The van der Waals surface area contributed by atoms with Gasteiger partial charge in [-0.1, -0.05) is 0 Å². The molecule has 0 aromatic heterocycles. The number of rotatable bonds is 6. The Morgan fingerprint density at radius 2 is 1.76 bits per heavy atom. The van der Waals surface area contributed by atoms with E-state index in [1.807, 2.05) is 0 Å². The Bertz CT molecular complexity index is 956. The van der Waals surface area contributed by atoms with Gasteiger partial charge in [0.25, 0.3) is 0 Å². The van der Waals surface area contributed by atoms with Gasteiger partial charge in [-0.3, -0.25) is 4.31 Å². The molecule has 2 aromatic rings. The highest BCUT2D eigenvalue weighted by Crippen LogP contribution is 2.37. The Labute approximate surface area is 167 Å². The number of anilines is 1. The van der Waals surface area contributed by atoms with Crippen LogP contribution >= 0.6 is 0 Å². The molecule has 0 bridgehead atoms. The lowest BCUT2D eigenvalue weighted by molar-refractivity contribution is -0.274. The van der Waals surface area contributed by atoms with Gasteiger partial charge in [0.1, 0.15) is 17.2 Å². The van der Waals surface area contributed by atoms with Crippen molar-refractivity contribution in [3.05, 3.63) is 48.0 Å². The van der Waals surface area contributed by atoms with E-state index in [1.165, 1.54) is 35.6 Å². The standard InChI is InChI=1S/C19H21F3N2O4S/c1-24(29(2,25)26)13-5-10-18(16(12-13)17-4-3-11-23-17)27-14-6-8-15(9-7-14)28-19(20,21)22/h5-10,12,17,23H,3-4,11H2,1-2H3. The minimum absolute atomic E-state index is 0.00857. The van der Waals surface area contributed by atoms with Crippen molar-refractivity contribution in [1.29, 1.82) is 0 Å². The van der Waals surface area contributed by atoms with Crippen LogP contribution in [0.15, 0.2) is 42.5 Å². The lowest BCUT2D eigenvalue weighted by Gasteiger charge is -2.22. The summed E-state index contributed by atoms with van der Waals surface area (Å²) in [5.74, 6) is 0.496. The number of hydrogen-bond acceptors (Lipinski definition) is 5. The highest BCUT2D eigenvalue weighted by molar-refractivity contribution is 7.92. The number of halogens is 3. The van der Waals surface area contributed by atoms with E-state index in [-0.39, 0.29) is 11.8 Å². The average molecular weight is 430 g/mol. The van der Waals surface area contributed by atoms with Gasteiger partial charge in [-0.15, -0.1) is 13.2 Å². The first-order valence-electron chi connectivity index (χ1n) is 8.88. The number of nitrogens with zero attached hydrogens (tertiary/aromatic N) is 1. The quantitative estimate of drug-likeness (QED) is 0.744. The molecule has 3 rings (SSSR count). The van der Waals surface area contributed by atoms with E-state index < -0.39 is 16.4 Å². The third-order valence-corrected chi connectivity index (χ3v) is 5.78. The lowest BCUT2D eigenvalue weighted by atomic mass is 10.0. The molecule has 158 valence electrons.